The lowest BCUT2D eigenvalue weighted by molar-refractivity contribution is 0.0755. The zero-order chi connectivity index (χ0) is 18.3. The van der Waals surface area contributed by atoms with Crippen molar-refractivity contribution < 1.29 is 13.6 Å². The third kappa shape index (κ3) is 3.00. The summed E-state index contributed by atoms with van der Waals surface area (Å²) in [7, 11) is 2.06. The molecule has 5 nitrogen and oxygen atoms in total. The molecular formula is C19H22F2N4O. The van der Waals surface area contributed by atoms with Crippen molar-refractivity contribution in [2.75, 3.05) is 33.2 Å². The van der Waals surface area contributed by atoms with E-state index in [1.807, 2.05) is 4.90 Å². The molecule has 0 atom stereocenters. The van der Waals surface area contributed by atoms with E-state index in [2.05, 4.69) is 17.0 Å². The van der Waals surface area contributed by atoms with Crippen LogP contribution in [0.2, 0.25) is 0 Å². The summed E-state index contributed by atoms with van der Waals surface area (Å²) in [4.78, 5) is 17.2. The van der Waals surface area contributed by atoms with Gasteiger partial charge in [0.05, 0.1) is 5.69 Å². The molecule has 0 N–H and O–H groups in total. The molecule has 1 amide bonds. The van der Waals surface area contributed by atoms with Gasteiger partial charge in [-0.2, -0.15) is 5.10 Å². The van der Waals surface area contributed by atoms with Crippen LogP contribution in [0, 0.1) is 11.6 Å². The van der Waals surface area contributed by atoms with Crippen molar-refractivity contribution in [2.24, 2.45) is 0 Å². The topological polar surface area (TPSA) is 41.4 Å². The van der Waals surface area contributed by atoms with E-state index < -0.39 is 11.6 Å². The number of benzene rings is 1. The van der Waals surface area contributed by atoms with Crippen LogP contribution in [0.3, 0.4) is 0 Å². The Morgan fingerprint density at radius 1 is 1.04 bits per heavy atom. The number of amides is 1. The second-order valence-corrected chi connectivity index (χ2v) is 7.09. The van der Waals surface area contributed by atoms with Crippen molar-refractivity contribution in [3.63, 3.8) is 0 Å². The van der Waals surface area contributed by atoms with Crippen molar-refractivity contribution >= 4 is 5.91 Å². The Bertz CT molecular complexity index is 848. The van der Waals surface area contributed by atoms with Gasteiger partial charge in [0, 0.05) is 37.0 Å². The van der Waals surface area contributed by atoms with Gasteiger partial charge in [-0.1, -0.05) is 0 Å². The summed E-state index contributed by atoms with van der Waals surface area (Å²) in [6.07, 6.45) is 3.47. The summed E-state index contributed by atoms with van der Waals surface area (Å²) in [6, 6.07) is 3.73. The molecule has 7 heteroatoms. The quantitative estimate of drug-likeness (QED) is 0.826. The fraction of sp³-hybridized carbons (Fsp3) is 0.474. The normalized spacial score (nSPS) is 18.0. The molecule has 26 heavy (non-hydrogen) atoms. The van der Waals surface area contributed by atoms with Crippen LogP contribution in [0.1, 0.15) is 34.6 Å². The van der Waals surface area contributed by atoms with Crippen molar-refractivity contribution in [3.8, 4) is 5.69 Å². The van der Waals surface area contributed by atoms with E-state index in [1.54, 1.807) is 4.68 Å². The van der Waals surface area contributed by atoms with Gasteiger partial charge in [0.2, 0.25) is 0 Å². The monoisotopic (exact) mass is 360 g/mol. The summed E-state index contributed by atoms with van der Waals surface area (Å²) in [5.74, 6) is -1.85. The number of rotatable bonds is 2. The highest BCUT2D eigenvalue weighted by Gasteiger charge is 2.30. The molecule has 0 radical (unpaired) electrons. The van der Waals surface area contributed by atoms with Gasteiger partial charge in [0.1, 0.15) is 0 Å². The van der Waals surface area contributed by atoms with Crippen LogP contribution in [0.25, 0.3) is 5.69 Å². The Morgan fingerprint density at radius 2 is 1.88 bits per heavy atom. The number of hydrogen-bond donors (Lipinski definition) is 0. The van der Waals surface area contributed by atoms with E-state index in [9.17, 15) is 13.6 Å². The number of aromatic nitrogens is 2. The summed E-state index contributed by atoms with van der Waals surface area (Å²) in [6.45, 7) is 3.22. The molecule has 4 rings (SSSR count). The zero-order valence-corrected chi connectivity index (χ0v) is 14.8. The first-order valence-electron chi connectivity index (χ1n) is 9.08. The summed E-state index contributed by atoms with van der Waals surface area (Å²) in [5, 5.41) is 4.52. The molecule has 1 fully saturated rings. The lowest BCUT2D eigenvalue weighted by Crippen LogP contribution is -2.35. The molecule has 1 aromatic carbocycles. The molecular weight excluding hydrogens is 338 g/mol. The highest BCUT2D eigenvalue weighted by molar-refractivity contribution is 5.94. The first-order chi connectivity index (χ1) is 12.5. The van der Waals surface area contributed by atoms with Gasteiger partial charge in [-0.05, 0) is 51.4 Å². The number of likely N-dealkylation sites (N-methyl/N-ethyl adjacent to an activating group) is 1. The predicted molar refractivity (Wildman–Crippen MR) is 93.5 cm³/mol. The SMILES string of the molecule is CN1CCCN(C(=O)c2nn(-c3ccc(F)c(F)c3)c3c2CCC3)CC1. The Hall–Kier alpha value is -2.28. The van der Waals surface area contributed by atoms with E-state index in [1.165, 1.54) is 6.07 Å². The minimum atomic E-state index is -0.909. The Morgan fingerprint density at radius 3 is 2.69 bits per heavy atom. The number of carbonyl (C=O) groups excluding carboxylic acids is 1. The van der Waals surface area contributed by atoms with Gasteiger partial charge in [-0.15, -0.1) is 0 Å². The van der Waals surface area contributed by atoms with Gasteiger partial charge < -0.3 is 9.80 Å². The van der Waals surface area contributed by atoms with Crippen LogP contribution >= 0.6 is 0 Å². The maximum atomic E-state index is 13.7. The number of hydrogen-bond acceptors (Lipinski definition) is 3. The number of nitrogens with zero attached hydrogens (tertiary/aromatic N) is 4. The molecule has 0 spiro atoms. The van der Waals surface area contributed by atoms with Crippen LogP contribution in [0.15, 0.2) is 18.2 Å². The average molecular weight is 360 g/mol. The highest BCUT2D eigenvalue weighted by atomic mass is 19.2. The first kappa shape index (κ1) is 17.1. The fourth-order valence-corrected chi connectivity index (χ4v) is 3.84. The molecule has 0 saturated carbocycles. The fourth-order valence-electron chi connectivity index (χ4n) is 3.84. The number of carbonyl (C=O) groups is 1. The van der Waals surface area contributed by atoms with Crippen LogP contribution < -0.4 is 0 Å². The van der Waals surface area contributed by atoms with Crippen molar-refractivity contribution in [1.29, 1.82) is 0 Å². The van der Waals surface area contributed by atoms with Crippen molar-refractivity contribution in [1.82, 2.24) is 19.6 Å². The maximum Gasteiger partial charge on any atom is 0.274 e. The van der Waals surface area contributed by atoms with Gasteiger partial charge >= 0.3 is 0 Å². The van der Waals surface area contributed by atoms with E-state index in [-0.39, 0.29) is 5.91 Å². The third-order valence-electron chi connectivity index (χ3n) is 5.29. The molecule has 1 aromatic heterocycles. The minimum absolute atomic E-state index is 0.0558. The second-order valence-electron chi connectivity index (χ2n) is 7.09. The lowest BCUT2D eigenvalue weighted by Gasteiger charge is -2.19. The van der Waals surface area contributed by atoms with Crippen LogP contribution in [-0.2, 0) is 12.8 Å². The van der Waals surface area contributed by atoms with Gasteiger partial charge in [-0.3, -0.25) is 4.79 Å². The molecule has 1 saturated heterocycles. The molecule has 1 aliphatic carbocycles. The van der Waals surface area contributed by atoms with E-state index >= 15 is 0 Å². The number of fused-ring (bicyclic) bond motifs is 1. The Kier molecular flexibility index (Phi) is 4.48. The largest absolute Gasteiger partial charge is 0.336 e. The predicted octanol–water partition coefficient (Wildman–Crippen LogP) is 2.42. The van der Waals surface area contributed by atoms with Crippen LogP contribution in [0.5, 0.6) is 0 Å². The molecule has 0 bridgehead atoms. The molecule has 0 unspecified atom stereocenters. The van der Waals surface area contributed by atoms with Gasteiger partial charge in [0.25, 0.3) is 5.91 Å². The highest BCUT2D eigenvalue weighted by Crippen LogP contribution is 2.29. The van der Waals surface area contributed by atoms with E-state index in [4.69, 9.17) is 0 Å². The molecule has 138 valence electrons. The summed E-state index contributed by atoms with van der Waals surface area (Å²) >= 11 is 0. The van der Waals surface area contributed by atoms with Crippen molar-refractivity contribution in [2.45, 2.75) is 25.7 Å². The van der Waals surface area contributed by atoms with Gasteiger partial charge in [0.15, 0.2) is 17.3 Å². The molecule has 2 aromatic rings. The smallest absolute Gasteiger partial charge is 0.274 e. The maximum absolute atomic E-state index is 13.7. The number of halogens is 2. The second kappa shape index (κ2) is 6.79. The molecule has 1 aliphatic heterocycles. The van der Waals surface area contributed by atoms with Crippen molar-refractivity contribution in [3.05, 3.63) is 46.8 Å². The molecule has 2 aliphatic rings. The standard InChI is InChI=1S/C19H22F2N4O/c1-23-8-3-9-24(11-10-23)19(26)18-14-4-2-5-17(14)25(22-18)13-6-7-15(20)16(21)12-13/h6-7,12H,2-5,8-11H2,1H3. The third-order valence-corrected chi connectivity index (χ3v) is 5.29. The lowest BCUT2D eigenvalue weighted by atomic mass is 10.2. The Balaban J connectivity index is 1.69. The average Bonchev–Trinajstić information content (AvgIpc) is 3.16. The minimum Gasteiger partial charge on any atom is -0.336 e. The first-order valence-corrected chi connectivity index (χ1v) is 9.08. The van der Waals surface area contributed by atoms with Gasteiger partial charge in [-0.25, -0.2) is 13.5 Å². The zero-order valence-electron chi connectivity index (χ0n) is 14.8. The molecule has 2 heterocycles. The van der Waals surface area contributed by atoms with Crippen LogP contribution in [-0.4, -0.2) is 58.7 Å². The summed E-state index contributed by atoms with van der Waals surface area (Å²) in [5.41, 5.74) is 2.81. The van der Waals surface area contributed by atoms with E-state index in [0.29, 0.717) is 17.9 Å². The Labute approximate surface area is 151 Å². The van der Waals surface area contributed by atoms with Crippen LogP contribution in [0.4, 0.5) is 8.78 Å². The van der Waals surface area contributed by atoms with E-state index in [0.717, 1.165) is 68.7 Å². The summed E-state index contributed by atoms with van der Waals surface area (Å²) < 4.78 is 28.5.